The molecule has 1 atom stereocenters. The minimum absolute atomic E-state index is 0.190. The van der Waals surface area contributed by atoms with E-state index in [1.807, 2.05) is 20.0 Å². The number of ether oxygens (including phenoxy) is 1. The zero-order valence-electron chi connectivity index (χ0n) is 12.2. The fraction of sp³-hybridized carbons (Fsp3) is 0.500. The molecule has 2 rings (SSSR count). The third-order valence-electron chi connectivity index (χ3n) is 3.32. The number of methoxy groups -OCH3 is 1. The van der Waals surface area contributed by atoms with E-state index in [4.69, 9.17) is 16.3 Å². The van der Waals surface area contributed by atoms with Crippen molar-refractivity contribution < 1.29 is 4.74 Å². The summed E-state index contributed by atoms with van der Waals surface area (Å²) in [6.07, 6.45) is 0.809. The van der Waals surface area contributed by atoms with E-state index in [1.165, 1.54) is 4.88 Å². The summed E-state index contributed by atoms with van der Waals surface area (Å²) in [5.74, 6) is 0.929. The van der Waals surface area contributed by atoms with Crippen LogP contribution in [0.1, 0.15) is 29.1 Å². The van der Waals surface area contributed by atoms with Gasteiger partial charge in [0.05, 0.1) is 17.7 Å². The highest BCUT2D eigenvalue weighted by atomic mass is 35.5. The van der Waals surface area contributed by atoms with E-state index in [9.17, 15) is 0 Å². The fourth-order valence-electron chi connectivity index (χ4n) is 2.35. The summed E-state index contributed by atoms with van der Waals surface area (Å²) in [6.45, 7) is 4.99. The lowest BCUT2D eigenvalue weighted by atomic mass is 10.0. The zero-order chi connectivity index (χ0) is 14.7. The summed E-state index contributed by atoms with van der Waals surface area (Å²) in [6, 6.07) is 2.19. The smallest absolute Gasteiger partial charge is 0.134 e. The summed E-state index contributed by atoms with van der Waals surface area (Å²) in [5, 5.41) is 10.6. The normalized spacial score (nSPS) is 12.7. The molecule has 0 saturated carbocycles. The van der Waals surface area contributed by atoms with Crippen LogP contribution in [0.3, 0.4) is 0 Å². The van der Waals surface area contributed by atoms with E-state index in [2.05, 4.69) is 22.7 Å². The SMILES string of the molecule is CCNC(Cc1c(C)nn(C)c1Cl)c1sccc1OC. The highest BCUT2D eigenvalue weighted by Crippen LogP contribution is 2.34. The van der Waals surface area contributed by atoms with E-state index >= 15 is 0 Å². The van der Waals surface area contributed by atoms with Gasteiger partial charge in [-0.05, 0) is 31.3 Å². The van der Waals surface area contributed by atoms with E-state index in [1.54, 1.807) is 23.1 Å². The number of likely N-dealkylation sites (N-methyl/N-ethyl adjacent to an activating group) is 1. The average molecular weight is 314 g/mol. The number of rotatable bonds is 6. The largest absolute Gasteiger partial charge is 0.496 e. The van der Waals surface area contributed by atoms with Crippen molar-refractivity contribution in [2.75, 3.05) is 13.7 Å². The summed E-state index contributed by atoms with van der Waals surface area (Å²) in [7, 11) is 3.57. The Labute approximate surface area is 128 Å². The molecule has 0 fully saturated rings. The molecule has 0 radical (unpaired) electrons. The van der Waals surface area contributed by atoms with Gasteiger partial charge in [-0.15, -0.1) is 11.3 Å². The van der Waals surface area contributed by atoms with Crippen molar-refractivity contribution in [1.82, 2.24) is 15.1 Å². The van der Waals surface area contributed by atoms with Crippen LogP contribution < -0.4 is 10.1 Å². The van der Waals surface area contributed by atoms with Gasteiger partial charge in [0, 0.05) is 18.7 Å². The van der Waals surface area contributed by atoms with E-state index < -0.39 is 0 Å². The number of halogens is 1. The first kappa shape index (κ1) is 15.4. The number of thiophene rings is 1. The molecule has 0 aliphatic carbocycles. The molecule has 110 valence electrons. The molecule has 0 amide bonds. The van der Waals surface area contributed by atoms with Crippen LogP contribution in [0, 0.1) is 6.92 Å². The molecule has 0 aromatic carbocycles. The van der Waals surface area contributed by atoms with Crippen molar-refractivity contribution in [2.24, 2.45) is 7.05 Å². The van der Waals surface area contributed by atoms with Crippen molar-refractivity contribution in [3.8, 4) is 5.75 Å². The van der Waals surface area contributed by atoms with Gasteiger partial charge in [0.25, 0.3) is 0 Å². The third kappa shape index (κ3) is 3.00. The van der Waals surface area contributed by atoms with E-state index in [-0.39, 0.29) is 6.04 Å². The minimum Gasteiger partial charge on any atom is -0.496 e. The topological polar surface area (TPSA) is 39.1 Å². The standard InChI is InChI=1S/C14H20ClN3OS/c1-5-16-11(13-12(19-4)6-7-20-13)8-10-9(2)17-18(3)14(10)15/h6-7,11,16H,5,8H2,1-4H3. The third-order valence-corrected chi connectivity index (χ3v) is 4.81. The van der Waals surface area contributed by atoms with Gasteiger partial charge in [0.15, 0.2) is 0 Å². The second-order valence-corrected chi connectivity index (χ2v) is 5.95. The molecule has 20 heavy (non-hydrogen) atoms. The Morgan fingerprint density at radius 2 is 2.30 bits per heavy atom. The molecule has 0 aliphatic rings. The lowest BCUT2D eigenvalue weighted by Gasteiger charge is -2.18. The molecule has 1 N–H and O–H groups in total. The van der Waals surface area contributed by atoms with Crippen LogP contribution in [-0.2, 0) is 13.5 Å². The lowest BCUT2D eigenvalue weighted by Crippen LogP contribution is -2.22. The van der Waals surface area contributed by atoms with Gasteiger partial charge >= 0.3 is 0 Å². The minimum atomic E-state index is 0.190. The average Bonchev–Trinajstić information content (AvgIpc) is 2.98. The Hall–Kier alpha value is -1.04. The van der Waals surface area contributed by atoms with Gasteiger partial charge in [-0.2, -0.15) is 5.10 Å². The first-order valence-electron chi connectivity index (χ1n) is 6.61. The molecule has 1 unspecified atom stereocenters. The Morgan fingerprint density at radius 3 is 2.85 bits per heavy atom. The number of nitrogens with one attached hydrogen (secondary N) is 1. The van der Waals surface area contributed by atoms with Crippen LogP contribution in [0.2, 0.25) is 5.15 Å². The van der Waals surface area contributed by atoms with Crippen molar-refractivity contribution in [2.45, 2.75) is 26.3 Å². The Morgan fingerprint density at radius 1 is 1.55 bits per heavy atom. The summed E-state index contributed by atoms with van der Waals surface area (Å²) >= 11 is 8.04. The molecule has 0 bridgehead atoms. The highest BCUT2D eigenvalue weighted by Gasteiger charge is 2.21. The number of hydrogen-bond donors (Lipinski definition) is 1. The van der Waals surface area contributed by atoms with Gasteiger partial charge < -0.3 is 10.1 Å². The fourth-order valence-corrected chi connectivity index (χ4v) is 3.53. The van der Waals surface area contributed by atoms with E-state index in [0.29, 0.717) is 5.15 Å². The van der Waals surface area contributed by atoms with Crippen LogP contribution in [-0.4, -0.2) is 23.4 Å². The van der Waals surface area contributed by atoms with Crippen molar-refractivity contribution in [1.29, 1.82) is 0 Å². The first-order chi connectivity index (χ1) is 9.58. The molecule has 2 aromatic rings. The van der Waals surface area contributed by atoms with Crippen LogP contribution in [0.5, 0.6) is 5.75 Å². The lowest BCUT2D eigenvalue weighted by molar-refractivity contribution is 0.403. The molecule has 0 spiro atoms. The Kier molecular flexibility index (Phi) is 5.07. The van der Waals surface area contributed by atoms with Gasteiger partial charge in [0.1, 0.15) is 10.9 Å². The van der Waals surface area contributed by atoms with Gasteiger partial charge in [-0.25, -0.2) is 0 Å². The maximum atomic E-state index is 6.34. The summed E-state index contributed by atoms with van der Waals surface area (Å²) in [4.78, 5) is 1.20. The molecule has 2 aromatic heterocycles. The van der Waals surface area contributed by atoms with Gasteiger partial charge in [-0.3, -0.25) is 4.68 Å². The van der Waals surface area contributed by atoms with Crippen LogP contribution >= 0.6 is 22.9 Å². The number of nitrogens with zero attached hydrogens (tertiary/aromatic N) is 2. The molecule has 0 aliphatic heterocycles. The number of aromatic nitrogens is 2. The second kappa shape index (κ2) is 6.61. The molecule has 6 heteroatoms. The maximum absolute atomic E-state index is 6.34. The Bertz CT molecular complexity index is 579. The van der Waals surface area contributed by atoms with Crippen LogP contribution in [0.4, 0.5) is 0 Å². The predicted octanol–water partition coefficient (Wildman–Crippen LogP) is 3.35. The van der Waals surface area contributed by atoms with E-state index in [0.717, 1.165) is 30.0 Å². The first-order valence-corrected chi connectivity index (χ1v) is 7.87. The predicted molar refractivity (Wildman–Crippen MR) is 83.9 cm³/mol. The maximum Gasteiger partial charge on any atom is 0.134 e. The van der Waals surface area contributed by atoms with Crippen LogP contribution in [0.25, 0.3) is 0 Å². The quantitative estimate of drug-likeness (QED) is 0.889. The summed E-state index contributed by atoms with van der Waals surface area (Å²) < 4.78 is 7.16. The van der Waals surface area contributed by atoms with Crippen molar-refractivity contribution >= 4 is 22.9 Å². The number of aryl methyl sites for hydroxylation is 2. The van der Waals surface area contributed by atoms with Gasteiger partial charge in [0.2, 0.25) is 0 Å². The number of hydrogen-bond acceptors (Lipinski definition) is 4. The molecular weight excluding hydrogens is 294 g/mol. The van der Waals surface area contributed by atoms with Gasteiger partial charge in [-0.1, -0.05) is 18.5 Å². The molecule has 0 saturated heterocycles. The molecule has 4 nitrogen and oxygen atoms in total. The highest BCUT2D eigenvalue weighted by molar-refractivity contribution is 7.10. The summed E-state index contributed by atoms with van der Waals surface area (Å²) in [5.41, 5.74) is 2.08. The molecular formula is C14H20ClN3OS. The monoisotopic (exact) mass is 313 g/mol. The molecule has 2 heterocycles. The van der Waals surface area contributed by atoms with Crippen molar-refractivity contribution in [3.63, 3.8) is 0 Å². The Balaban J connectivity index is 2.30. The van der Waals surface area contributed by atoms with Crippen LogP contribution in [0.15, 0.2) is 11.4 Å². The second-order valence-electron chi connectivity index (χ2n) is 4.65. The van der Waals surface area contributed by atoms with Crippen molar-refractivity contribution in [3.05, 3.63) is 32.7 Å². The zero-order valence-corrected chi connectivity index (χ0v) is 13.8.